The molecule has 0 aliphatic carbocycles. The topological polar surface area (TPSA) is 139 Å². The number of nitrogens with one attached hydrogen (secondary N) is 2. The van der Waals surface area contributed by atoms with Crippen LogP contribution in [0.1, 0.15) is 20.8 Å². The van der Waals surface area contributed by atoms with Crippen molar-refractivity contribution in [2.75, 3.05) is 26.3 Å². The van der Waals surface area contributed by atoms with Crippen molar-refractivity contribution < 1.29 is 19.1 Å². The zero-order chi connectivity index (χ0) is 21.3. The minimum atomic E-state index is -0.491. The van der Waals surface area contributed by atoms with E-state index in [-0.39, 0.29) is 19.8 Å². The average Bonchev–Trinajstić information content (AvgIpc) is 2.65. The van der Waals surface area contributed by atoms with Gasteiger partial charge in [-0.15, -0.1) is 0 Å². The van der Waals surface area contributed by atoms with Crippen LogP contribution >= 0.6 is 0 Å². The van der Waals surface area contributed by atoms with Gasteiger partial charge in [-0.05, 0) is 26.3 Å². The number of nitrogens with two attached hydrogens (primary N) is 1. The lowest BCUT2D eigenvalue weighted by Crippen LogP contribution is -2.60. The van der Waals surface area contributed by atoms with E-state index in [1.54, 1.807) is 20.8 Å². The van der Waals surface area contributed by atoms with E-state index in [0.717, 1.165) is 0 Å². The summed E-state index contributed by atoms with van der Waals surface area (Å²) in [5.74, 6) is -0.587. The highest BCUT2D eigenvalue weighted by Crippen LogP contribution is 2.16. The number of carbonyl (C=O) groups is 2. The number of hydrogen-bond acceptors (Lipinski definition) is 8. The molecule has 4 N–H and O–H groups in total. The summed E-state index contributed by atoms with van der Waals surface area (Å²) in [4.78, 5) is 27.1. The predicted octanol–water partition coefficient (Wildman–Crippen LogP) is 0.310. The molecule has 9 heteroatoms. The monoisotopic (exact) mass is 389 g/mol. The van der Waals surface area contributed by atoms with E-state index < -0.39 is 24.1 Å². The summed E-state index contributed by atoms with van der Waals surface area (Å²) in [7, 11) is 0. The Morgan fingerprint density at radius 1 is 1.25 bits per heavy atom. The Morgan fingerprint density at radius 2 is 1.82 bits per heavy atom. The summed E-state index contributed by atoms with van der Waals surface area (Å²) >= 11 is 0. The molecule has 0 spiro atoms. The Hall–Kier alpha value is -2.96. The second-order valence-corrected chi connectivity index (χ2v) is 6.33. The van der Waals surface area contributed by atoms with Gasteiger partial charge in [0.25, 0.3) is 0 Å². The van der Waals surface area contributed by atoms with Crippen LogP contribution in [0.3, 0.4) is 0 Å². The molecule has 28 heavy (non-hydrogen) atoms. The molecule has 152 valence electrons. The fraction of sp³-hybridized carbons (Fsp3) is 0.474. The molecule has 2 unspecified atom stereocenters. The minimum Gasteiger partial charge on any atom is -0.461 e. The molecule has 1 rings (SSSR count). The van der Waals surface area contributed by atoms with Crippen molar-refractivity contribution in [1.29, 1.82) is 5.26 Å². The summed E-state index contributed by atoms with van der Waals surface area (Å²) in [5, 5.41) is 15.6. The van der Waals surface area contributed by atoms with Crippen LogP contribution < -0.4 is 16.4 Å². The Balaban J connectivity index is 2.69. The molecule has 2 atom stereocenters. The van der Waals surface area contributed by atoms with Crippen molar-refractivity contribution >= 4 is 17.8 Å². The first-order valence-corrected chi connectivity index (χ1v) is 8.75. The summed E-state index contributed by atoms with van der Waals surface area (Å²) in [6.45, 7) is 12.6. The van der Waals surface area contributed by atoms with Gasteiger partial charge in [0.05, 0.1) is 24.3 Å². The molecule has 0 amide bonds. The van der Waals surface area contributed by atoms with Crippen LogP contribution in [0.25, 0.3) is 0 Å². The third kappa shape index (κ3) is 6.64. The van der Waals surface area contributed by atoms with E-state index in [4.69, 9.17) is 15.2 Å². The maximum absolute atomic E-state index is 11.4. The molecule has 1 aliphatic heterocycles. The van der Waals surface area contributed by atoms with E-state index in [2.05, 4.69) is 34.9 Å². The number of nitriles is 1. The van der Waals surface area contributed by atoms with Gasteiger partial charge < -0.3 is 20.5 Å². The van der Waals surface area contributed by atoms with Crippen LogP contribution in [-0.4, -0.2) is 56.3 Å². The zero-order valence-electron chi connectivity index (χ0n) is 16.5. The number of aliphatic imine (C=N–C) groups is 1. The average molecular weight is 389 g/mol. The Labute approximate surface area is 165 Å². The van der Waals surface area contributed by atoms with Gasteiger partial charge in [0, 0.05) is 17.7 Å². The first-order valence-electron chi connectivity index (χ1n) is 8.75. The lowest BCUT2D eigenvalue weighted by atomic mass is 9.96. The number of rotatable bonds is 9. The van der Waals surface area contributed by atoms with Crippen LogP contribution in [0, 0.1) is 11.3 Å². The van der Waals surface area contributed by atoms with Gasteiger partial charge in [0.1, 0.15) is 25.1 Å². The third-order valence-corrected chi connectivity index (χ3v) is 3.89. The van der Waals surface area contributed by atoms with E-state index in [1.165, 1.54) is 0 Å². The van der Waals surface area contributed by atoms with E-state index >= 15 is 0 Å². The van der Waals surface area contributed by atoms with Crippen LogP contribution in [0.4, 0.5) is 0 Å². The molecule has 1 aliphatic rings. The highest BCUT2D eigenvalue weighted by atomic mass is 16.5. The Kier molecular flexibility index (Phi) is 9.08. The van der Waals surface area contributed by atoms with Crippen molar-refractivity contribution in [3.8, 4) is 6.07 Å². The first kappa shape index (κ1) is 23.1. The summed E-state index contributed by atoms with van der Waals surface area (Å²) in [6, 6.07) is 1.63. The van der Waals surface area contributed by atoms with Gasteiger partial charge in [0.15, 0.2) is 0 Å². The lowest BCUT2D eigenvalue weighted by Gasteiger charge is -2.33. The molecule has 0 fully saturated rings. The van der Waals surface area contributed by atoms with Gasteiger partial charge in [-0.1, -0.05) is 13.2 Å². The maximum atomic E-state index is 11.4. The highest BCUT2D eigenvalue weighted by molar-refractivity contribution is 6.03. The molecule has 0 aromatic heterocycles. The van der Waals surface area contributed by atoms with Gasteiger partial charge in [-0.25, -0.2) is 9.59 Å². The van der Waals surface area contributed by atoms with Crippen LogP contribution in [-0.2, 0) is 19.1 Å². The number of hydrogen-bond donors (Lipinski definition) is 3. The van der Waals surface area contributed by atoms with Gasteiger partial charge in [-0.3, -0.25) is 10.3 Å². The molecule has 0 saturated heterocycles. The summed E-state index contributed by atoms with van der Waals surface area (Å²) < 4.78 is 10.0. The van der Waals surface area contributed by atoms with Crippen molar-refractivity contribution in [3.05, 3.63) is 35.5 Å². The Morgan fingerprint density at radius 3 is 2.36 bits per heavy atom. The normalized spacial score (nSPS) is 20.2. The third-order valence-electron chi connectivity index (χ3n) is 3.89. The van der Waals surface area contributed by atoms with Crippen molar-refractivity contribution in [3.63, 3.8) is 0 Å². The standard InChI is InChI=1S/C19H27N5O4/c1-11(2)18(25)27-8-6-22-16-14(10-20)13(5)15(21)17(24-16)23-7-9-28-19(26)12(3)4/h15,17,23H,1,3,6-9,21H2,2,4-5H3,(H,22,24). The zero-order valence-corrected chi connectivity index (χ0v) is 16.5. The number of carbonyl (C=O) groups excluding carboxylic acids is 2. The molecule has 0 radical (unpaired) electrons. The van der Waals surface area contributed by atoms with E-state index in [1.807, 2.05) is 0 Å². The second kappa shape index (κ2) is 11.0. The molecule has 1 heterocycles. The largest absolute Gasteiger partial charge is 0.461 e. The van der Waals surface area contributed by atoms with Crippen molar-refractivity contribution in [2.45, 2.75) is 33.0 Å². The minimum absolute atomic E-state index is 0.0651. The molecular formula is C19H27N5O4. The molecule has 9 nitrogen and oxygen atoms in total. The lowest BCUT2D eigenvalue weighted by molar-refractivity contribution is -0.139. The predicted molar refractivity (Wildman–Crippen MR) is 105 cm³/mol. The molecule has 0 bridgehead atoms. The first-order chi connectivity index (χ1) is 13.2. The van der Waals surface area contributed by atoms with Crippen molar-refractivity contribution in [1.82, 2.24) is 10.6 Å². The maximum Gasteiger partial charge on any atom is 0.333 e. The van der Waals surface area contributed by atoms with Crippen LogP contribution in [0.5, 0.6) is 0 Å². The summed E-state index contributed by atoms with van der Waals surface area (Å²) in [5.41, 5.74) is 7.84. The number of nitrogens with zero attached hydrogens (tertiary/aromatic N) is 2. The quantitative estimate of drug-likeness (QED) is 0.291. The highest BCUT2D eigenvalue weighted by Gasteiger charge is 2.29. The van der Waals surface area contributed by atoms with E-state index in [0.29, 0.717) is 34.7 Å². The molecule has 0 saturated carbocycles. The SMILES string of the molecule is C=C(C)C(=O)OCCN=C1NC(NCCOC(=O)C(=C)C)C(N)C(C)=C1C#N. The second-order valence-electron chi connectivity index (χ2n) is 6.33. The fourth-order valence-electron chi connectivity index (χ4n) is 2.26. The van der Waals surface area contributed by atoms with E-state index in [9.17, 15) is 14.9 Å². The van der Waals surface area contributed by atoms with Crippen LogP contribution in [0.15, 0.2) is 40.4 Å². The van der Waals surface area contributed by atoms with Crippen LogP contribution in [0.2, 0.25) is 0 Å². The molecule has 0 aromatic carbocycles. The Bertz CT molecular complexity index is 748. The number of amidine groups is 1. The fourth-order valence-corrected chi connectivity index (χ4v) is 2.26. The number of esters is 2. The molecule has 0 aromatic rings. The van der Waals surface area contributed by atoms with Gasteiger partial charge in [-0.2, -0.15) is 5.26 Å². The molecular weight excluding hydrogens is 362 g/mol. The number of ether oxygens (including phenoxy) is 2. The van der Waals surface area contributed by atoms with Gasteiger partial charge in [0.2, 0.25) is 0 Å². The van der Waals surface area contributed by atoms with Crippen molar-refractivity contribution in [2.24, 2.45) is 10.7 Å². The smallest absolute Gasteiger partial charge is 0.333 e. The summed E-state index contributed by atoms with van der Waals surface area (Å²) in [6.07, 6.45) is -0.405. The van der Waals surface area contributed by atoms with Gasteiger partial charge >= 0.3 is 11.9 Å².